The molecule has 2 aromatic rings. The van der Waals surface area contributed by atoms with Gasteiger partial charge in [0.15, 0.2) is 0 Å². The Hall–Kier alpha value is -3.48. The molecule has 0 spiro atoms. The molecule has 0 bridgehead atoms. The average molecular weight is 354 g/mol. The molecule has 7 nitrogen and oxygen atoms in total. The predicted molar refractivity (Wildman–Crippen MR) is 95.8 cm³/mol. The fourth-order valence-electron chi connectivity index (χ4n) is 2.10. The third-order valence-corrected chi connectivity index (χ3v) is 3.40. The molecule has 1 heterocycles. The first-order valence-corrected chi connectivity index (χ1v) is 7.66. The van der Waals surface area contributed by atoms with Gasteiger partial charge in [0.05, 0.1) is 25.3 Å². The standard InChI is InChI=1S/C19H18N2O5/c1-12-4-5-13(11-20-12)6-7-17(22)21-16-9-14(18(23)25-2)8-15(10-16)19(24)26-3/h4-11H,1-3H3,(H,21,22)/b7-6+. The van der Waals surface area contributed by atoms with Crippen LogP contribution in [0.25, 0.3) is 6.08 Å². The SMILES string of the molecule is COC(=O)c1cc(NC(=O)/C=C/c2ccc(C)nc2)cc(C(=O)OC)c1. The summed E-state index contributed by atoms with van der Waals surface area (Å²) in [5.74, 6) is -1.69. The number of hydrogen-bond acceptors (Lipinski definition) is 6. The summed E-state index contributed by atoms with van der Waals surface area (Å²) in [6.45, 7) is 1.87. The second kappa shape index (κ2) is 8.57. The monoisotopic (exact) mass is 354 g/mol. The summed E-state index contributed by atoms with van der Waals surface area (Å²) in [6.07, 6.45) is 4.58. The highest BCUT2D eigenvalue weighted by Gasteiger charge is 2.14. The van der Waals surface area contributed by atoms with Crippen LogP contribution in [0.4, 0.5) is 5.69 Å². The lowest BCUT2D eigenvalue weighted by Gasteiger charge is -2.08. The number of nitrogens with zero attached hydrogens (tertiary/aromatic N) is 1. The normalized spacial score (nSPS) is 10.4. The van der Waals surface area contributed by atoms with Crippen molar-refractivity contribution in [2.75, 3.05) is 19.5 Å². The molecule has 0 unspecified atom stereocenters. The quantitative estimate of drug-likeness (QED) is 0.655. The van der Waals surface area contributed by atoms with Gasteiger partial charge in [0.1, 0.15) is 0 Å². The van der Waals surface area contributed by atoms with Gasteiger partial charge in [-0.15, -0.1) is 0 Å². The Bertz CT molecular complexity index is 822. The molecule has 0 aliphatic rings. The second-order valence-electron chi connectivity index (χ2n) is 5.34. The number of pyridine rings is 1. The third-order valence-electron chi connectivity index (χ3n) is 3.40. The van der Waals surface area contributed by atoms with Crippen LogP contribution in [0.5, 0.6) is 0 Å². The first kappa shape index (κ1) is 18.9. The molecule has 134 valence electrons. The van der Waals surface area contributed by atoms with Gasteiger partial charge in [0.25, 0.3) is 0 Å². The summed E-state index contributed by atoms with van der Waals surface area (Å²) in [5, 5.41) is 2.60. The van der Waals surface area contributed by atoms with Crippen LogP contribution in [0, 0.1) is 6.92 Å². The molecule has 1 aromatic carbocycles. The Morgan fingerprint density at radius 1 is 1.00 bits per heavy atom. The van der Waals surface area contributed by atoms with E-state index >= 15 is 0 Å². The molecule has 0 saturated heterocycles. The number of esters is 2. The largest absolute Gasteiger partial charge is 0.465 e. The van der Waals surface area contributed by atoms with E-state index in [4.69, 9.17) is 0 Å². The van der Waals surface area contributed by atoms with Crippen molar-refractivity contribution in [1.29, 1.82) is 0 Å². The number of benzene rings is 1. The number of amides is 1. The molecule has 2 rings (SSSR count). The van der Waals surface area contributed by atoms with Gasteiger partial charge in [0, 0.05) is 23.7 Å². The Kier molecular flexibility index (Phi) is 6.21. The smallest absolute Gasteiger partial charge is 0.337 e. The molecule has 1 amide bonds. The summed E-state index contributed by atoms with van der Waals surface area (Å²) in [6, 6.07) is 7.83. The number of ether oxygens (including phenoxy) is 2. The minimum atomic E-state index is -0.632. The fourth-order valence-corrected chi connectivity index (χ4v) is 2.10. The minimum absolute atomic E-state index is 0.123. The van der Waals surface area contributed by atoms with E-state index in [1.54, 1.807) is 12.3 Å². The van der Waals surface area contributed by atoms with Crippen LogP contribution in [0.3, 0.4) is 0 Å². The zero-order chi connectivity index (χ0) is 19.1. The van der Waals surface area contributed by atoms with E-state index in [2.05, 4.69) is 19.8 Å². The molecule has 0 saturated carbocycles. The number of methoxy groups -OCH3 is 2. The van der Waals surface area contributed by atoms with Crippen LogP contribution < -0.4 is 5.32 Å². The summed E-state index contributed by atoms with van der Waals surface area (Å²) in [4.78, 5) is 39.7. The number of carbonyl (C=O) groups is 3. The zero-order valence-electron chi connectivity index (χ0n) is 14.6. The van der Waals surface area contributed by atoms with Gasteiger partial charge < -0.3 is 14.8 Å². The number of aromatic nitrogens is 1. The van der Waals surface area contributed by atoms with Crippen molar-refractivity contribution in [2.45, 2.75) is 6.92 Å². The Labute approximate surface area is 150 Å². The lowest BCUT2D eigenvalue weighted by molar-refractivity contribution is -0.111. The van der Waals surface area contributed by atoms with Crippen LogP contribution in [-0.4, -0.2) is 37.0 Å². The molecule has 0 aliphatic heterocycles. The summed E-state index contributed by atoms with van der Waals surface area (Å²) in [7, 11) is 2.45. The highest BCUT2D eigenvalue weighted by Crippen LogP contribution is 2.17. The molecule has 0 atom stereocenters. The Morgan fingerprint density at radius 2 is 1.62 bits per heavy atom. The number of anilines is 1. The number of carbonyl (C=O) groups excluding carboxylic acids is 3. The van der Waals surface area contributed by atoms with Gasteiger partial charge in [-0.05, 0) is 42.8 Å². The minimum Gasteiger partial charge on any atom is -0.465 e. The van der Waals surface area contributed by atoms with Gasteiger partial charge >= 0.3 is 11.9 Å². The van der Waals surface area contributed by atoms with E-state index in [9.17, 15) is 14.4 Å². The lowest BCUT2D eigenvalue weighted by Crippen LogP contribution is -2.12. The van der Waals surface area contributed by atoms with Gasteiger partial charge in [-0.25, -0.2) is 9.59 Å². The number of hydrogen-bond donors (Lipinski definition) is 1. The van der Waals surface area contributed by atoms with Crippen molar-refractivity contribution in [3.05, 3.63) is 65.0 Å². The summed E-state index contributed by atoms with van der Waals surface area (Å²) >= 11 is 0. The van der Waals surface area contributed by atoms with Crippen LogP contribution in [0.15, 0.2) is 42.6 Å². The van der Waals surface area contributed by atoms with Crippen molar-refractivity contribution in [3.63, 3.8) is 0 Å². The van der Waals surface area contributed by atoms with Crippen LogP contribution in [0.1, 0.15) is 32.0 Å². The van der Waals surface area contributed by atoms with Crippen LogP contribution >= 0.6 is 0 Å². The first-order valence-electron chi connectivity index (χ1n) is 7.66. The fraction of sp³-hybridized carbons (Fsp3) is 0.158. The molecule has 0 fully saturated rings. The van der Waals surface area contributed by atoms with Gasteiger partial charge in [-0.1, -0.05) is 6.07 Å². The predicted octanol–water partition coefficient (Wildman–Crippen LogP) is 2.62. The van der Waals surface area contributed by atoms with E-state index < -0.39 is 17.8 Å². The lowest BCUT2D eigenvalue weighted by atomic mass is 10.1. The van der Waals surface area contributed by atoms with Gasteiger partial charge in [-0.3, -0.25) is 9.78 Å². The highest BCUT2D eigenvalue weighted by molar-refractivity contribution is 6.04. The first-order chi connectivity index (χ1) is 12.4. The molecule has 26 heavy (non-hydrogen) atoms. The number of nitrogens with one attached hydrogen (secondary N) is 1. The van der Waals surface area contributed by atoms with Gasteiger partial charge in [0.2, 0.25) is 5.91 Å². The van der Waals surface area contributed by atoms with E-state index in [0.29, 0.717) is 0 Å². The second-order valence-corrected chi connectivity index (χ2v) is 5.34. The van der Waals surface area contributed by atoms with Crippen LogP contribution in [0.2, 0.25) is 0 Å². The van der Waals surface area contributed by atoms with E-state index in [-0.39, 0.29) is 16.8 Å². The zero-order valence-corrected chi connectivity index (χ0v) is 14.6. The van der Waals surface area contributed by atoms with E-state index in [0.717, 1.165) is 11.3 Å². The number of aryl methyl sites for hydroxylation is 1. The maximum atomic E-state index is 12.1. The van der Waals surface area contributed by atoms with Crippen LogP contribution in [-0.2, 0) is 14.3 Å². The Balaban J connectivity index is 2.21. The van der Waals surface area contributed by atoms with Gasteiger partial charge in [-0.2, -0.15) is 0 Å². The highest BCUT2D eigenvalue weighted by atomic mass is 16.5. The molecule has 1 N–H and O–H groups in total. The maximum Gasteiger partial charge on any atom is 0.337 e. The van der Waals surface area contributed by atoms with Crippen molar-refractivity contribution < 1.29 is 23.9 Å². The van der Waals surface area contributed by atoms with E-state index in [1.165, 1.54) is 38.5 Å². The maximum absolute atomic E-state index is 12.1. The summed E-state index contributed by atoms with van der Waals surface area (Å²) in [5.41, 5.74) is 2.16. The van der Waals surface area contributed by atoms with Crippen molar-refractivity contribution in [2.24, 2.45) is 0 Å². The third kappa shape index (κ3) is 5.01. The van der Waals surface area contributed by atoms with Crippen molar-refractivity contribution in [3.8, 4) is 0 Å². The van der Waals surface area contributed by atoms with Crippen molar-refractivity contribution in [1.82, 2.24) is 4.98 Å². The molecule has 0 radical (unpaired) electrons. The number of rotatable bonds is 5. The molecular weight excluding hydrogens is 336 g/mol. The molecule has 1 aromatic heterocycles. The van der Waals surface area contributed by atoms with E-state index in [1.807, 2.05) is 19.1 Å². The van der Waals surface area contributed by atoms with Crippen molar-refractivity contribution >= 4 is 29.6 Å². The molecule has 0 aliphatic carbocycles. The average Bonchev–Trinajstić information content (AvgIpc) is 2.65. The molecular formula is C19H18N2O5. The Morgan fingerprint density at radius 3 is 2.12 bits per heavy atom. The summed E-state index contributed by atoms with van der Waals surface area (Å²) < 4.78 is 9.31. The molecule has 7 heteroatoms. The topological polar surface area (TPSA) is 94.6 Å².